The summed E-state index contributed by atoms with van der Waals surface area (Å²) in [7, 11) is 2.97. The summed E-state index contributed by atoms with van der Waals surface area (Å²) in [5.74, 6) is -0.428. The zero-order valence-electron chi connectivity index (χ0n) is 9.91. The molecule has 1 amide bonds. The first-order valence-electron chi connectivity index (χ1n) is 5.28. The van der Waals surface area contributed by atoms with Gasteiger partial charge >= 0.3 is 5.97 Å². The minimum atomic E-state index is -0.639. The highest BCUT2D eigenvalue weighted by Gasteiger charge is 2.50. The number of hydrogen-bond donors (Lipinski definition) is 1. The van der Waals surface area contributed by atoms with E-state index in [4.69, 9.17) is 9.57 Å². The summed E-state index contributed by atoms with van der Waals surface area (Å²) < 4.78 is 4.93. The topological polar surface area (TPSA) is 77.8 Å². The van der Waals surface area contributed by atoms with Gasteiger partial charge in [0.1, 0.15) is 5.54 Å². The molecule has 1 unspecified atom stereocenters. The molecule has 1 heterocycles. The Bertz CT molecular complexity index is 276. The van der Waals surface area contributed by atoms with Crippen LogP contribution >= 0.6 is 0 Å². The van der Waals surface area contributed by atoms with Crippen molar-refractivity contribution >= 4 is 11.9 Å². The van der Waals surface area contributed by atoms with Crippen molar-refractivity contribution in [3.63, 3.8) is 0 Å². The summed E-state index contributed by atoms with van der Waals surface area (Å²) in [5, 5.41) is 4.11. The van der Waals surface area contributed by atoms with Gasteiger partial charge in [0.05, 0.1) is 13.7 Å². The Balaban J connectivity index is 2.37. The van der Waals surface area contributed by atoms with Gasteiger partial charge in [0.15, 0.2) is 0 Å². The molecule has 1 fully saturated rings. The quantitative estimate of drug-likeness (QED) is 0.385. The van der Waals surface area contributed by atoms with Crippen molar-refractivity contribution in [2.45, 2.75) is 25.3 Å². The standard InChI is InChI=1S/C10H18N2O4/c1-4-16-9(14)10(7-11-10)6-5-8(13)12(2)15-3/h11H,4-7H2,1-3H3. The minimum Gasteiger partial charge on any atom is -0.465 e. The van der Waals surface area contributed by atoms with Crippen molar-refractivity contribution in [2.75, 3.05) is 27.3 Å². The van der Waals surface area contributed by atoms with E-state index >= 15 is 0 Å². The molecule has 6 heteroatoms. The van der Waals surface area contributed by atoms with Gasteiger partial charge in [-0.3, -0.25) is 14.9 Å². The molecule has 92 valence electrons. The van der Waals surface area contributed by atoms with E-state index in [1.54, 1.807) is 14.0 Å². The Morgan fingerprint density at radius 2 is 2.12 bits per heavy atom. The molecule has 1 aliphatic heterocycles. The molecule has 6 nitrogen and oxygen atoms in total. The zero-order valence-corrected chi connectivity index (χ0v) is 9.91. The number of hydrogen-bond acceptors (Lipinski definition) is 5. The van der Waals surface area contributed by atoms with Gasteiger partial charge in [0, 0.05) is 20.0 Å². The lowest BCUT2D eigenvalue weighted by Crippen LogP contribution is -2.33. The number of ether oxygens (including phenoxy) is 1. The predicted octanol–water partition coefficient (Wildman–Crippen LogP) is -0.308. The molecule has 1 saturated heterocycles. The molecule has 0 aliphatic carbocycles. The fourth-order valence-corrected chi connectivity index (χ4v) is 1.38. The highest BCUT2D eigenvalue weighted by atomic mass is 16.7. The van der Waals surface area contributed by atoms with Gasteiger partial charge in [0.2, 0.25) is 5.91 Å². The Kier molecular flexibility index (Phi) is 4.26. The molecular weight excluding hydrogens is 212 g/mol. The van der Waals surface area contributed by atoms with Gasteiger partial charge < -0.3 is 4.74 Å². The number of esters is 1. The van der Waals surface area contributed by atoms with Crippen LogP contribution in [-0.2, 0) is 19.2 Å². The van der Waals surface area contributed by atoms with Crippen LogP contribution in [0.5, 0.6) is 0 Å². The molecule has 0 aromatic rings. The Labute approximate surface area is 94.8 Å². The summed E-state index contributed by atoms with van der Waals surface area (Å²) in [4.78, 5) is 27.7. The largest absolute Gasteiger partial charge is 0.465 e. The second-order valence-electron chi connectivity index (χ2n) is 3.73. The number of nitrogens with one attached hydrogen (secondary N) is 1. The molecule has 16 heavy (non-hydrogen) atoms. The van der Waals surface area contributed by atoms with E-state index < -0.39 is 5.54 Å². The summed E-state index contributed by atoms with van der Waals surface area (Å²) in [6.07, 6.45) is 0.703. The van der Waals surface area contributed by atoms with E-state index in [0.717, 1.165) is 5.06 Å². The lowest BCUT2D eigenvalue weighted by Gasteiger charge is -2.16. The van der Waals surface area contributed by atoms with E-state index in [2.05, 4.69) is 5.32 Å². The minimum absolute atomic E-state index is 0.153. The van der Waals surface area contributed by atoms with Crippen molar-refractivity contribution in [3.8, 4) is 0 Å². The van der Waals surface area contributed by atoms with E-state index in [1.807, 2.05) is 0 Å². The van der Waals surface area contributed by atoms with Gasteiger partial charge in [-0.25, -0.2) is 9.86 Å². The molecular formula is C10H18N2O4. The van der Waals surface area contributed by atoms with E-state index in [-0.39, 0.29) is 18.3 Å². The first-order chi connectivity index (χ1) is 7.55. The third kappa shape index (κ3) is 2.93. The van der Waals surface area contributed by atoms with Crippen LogP contribution in [0.25, 0.3) is 0 Å². The number of nitrogens with zero attached hydrogens (tertiary/aromatic N) is 1. The maximum Gasteiger partial charge on any atom is 0.327 e. The smallest absolute Gasteiger partial charge is 0.327 e. The summed E-state index contributed by atoms with van der Waals surface area (Å²) >= 11 is 0. The van der Waals surface area contributed by atoms with Crippen molar-refractivity contribution < 1.29 is 19.2 Å². The van der Waals surface area contributed by atoms with E-state index in [0.29, 0.717) is 19.6 Å². The lowest BCUT2D eigenvalue weighted by molar-refractivity contribution is -0.169. The van der Waals surface area contributed by atoms with Crippen molar-refractivity contribution in [2.24, 2.45) is 0 Å². The SMILES string of the molecule is CCOC(=O)C1(CCC(=O)N(C)OC)CN1. The Morgan fingerprint density at radius 1 is 1.50 bits per heavy atom. The van der Waals surface area contributed by atoms with Crippen LogP contribution in [0, 0.1) is 0 Å². The number of amides is 1. The molecule has 1 rings (SSSR count). The number of carbonyl (C=O) groups is 2. The van der Waals surface area contributed by atoms with Crippen LogP contribution in [0.4, 0.5) is 0 Å². The summed E-state index contributed by atoms with van der Waals surface area (Å²) in [6, 6.07) is 0. The van der Waals surface area contributed by atoms with Crippen LogP contribution in [0.15, 0.2) is 0 Å². The Morgan fingerprint density at radius 3 is 2.56 bits per heavy atom. The number of rotatable bonds is 6. The maximum absolute atomic E-state index is 11.5. The maximum atomic E-state index is 11.5. The molecule has 0 bridgehead atoms. The normalized spacial score (nSPS) is 22.7. The van der Waals surface area contributed by atoms with Gasteiger partial charge in [-0.1, -0.05) is 0 Å². The van der Waals surface area contributed by atoms with Gasteiger partial charge in [-0.15, -0.1) is 0 Å². The van der Waals surface area contributed by atoms with Gasteiger partial charge in [0.25, 0.3) is 0 Å². The number of carbonyl (C=O) groups excluding carboxylic acids is 2. The Hall–Kier alpha value is -1.14. The second kappa shape index (κ2) is 5.27. The molecule has 1 atom stereocenters. The summed E-state index contributed by atoms with van der Waals surface area (Å²) in [6.45, 7) is 2.70. The fraction of sp³-hybridized carbons (Fsp3) is 0.800. The van der Waals surface area contributed by atoms with E-state index in [9.17, 15) is 9.59 Å². The second-order valence-corrected chi connectivity index (χ2v) is 3.73. The van der Waals surface area contributed by atoms with Crippen molar-refractivity contribution in [1.82, 2.24) is 10.4 Å². The van der Waals surface area contributed by atoms with Crippen LogP contribution < -0.4 is 5.32 Å². The third-order valence-corrected chi connectivity index (χ3v) is 2.66. The molecule has 1 N–H and O–H groups in total. The summed E-state index contributed by atoms with van der Waals surface area (Å²) in [5.41, 5.74) is -0.639. The van der Waals surface area contributed by atoms with Crippen molar-refractivity contribution in [1.29, 1.82) is 0 Å². The van der Waals surface area contributed by atoms with E-state index in [1.165, 1.54) is 7.11 Å². The molecule has 0 radical (unpaired) electrons. The first-order valence-corrected chi connectivity index (χ1v) is 5.28. The first kappa shape index (κ1) is 12.9. The fourth-order valence-electron chi connectivity index (χ4n) is 1.38. The molecule has 0 spiro atoms. The highest BCUT2D eigenvalue weighted by molar-refractivity contribution is 5.86. The average molecular weight is 230 g/mol. The highest BCUT2D eigenvalue weighted by Crippen LogP contribution is 2.25. The molecule has 0 aromatic carbocycles. The molecule has 0 saturated carbocycles. The number of hydroxylamine groups is 2. The average Bonchev–Trinajstić information content (AvgIpc) is 3.06. The van der Waals surface area contributed by atoms with Crippen molar-refractivity contribution in [3.05, 3.63) is 0 Å². The lowest BCUT2D eigenvalue weighted by atomic mass is 10.0. The van der Waals surface area contributed by atoms with Gasteiger partial charge in [-0.05, 0) is 13.3 Å². The monoisotopic (exact) mass is 230 g/mol. The molecule has 1 aliphatic rings. The van der Waals surface area contributed by atoms with Crippen LogP contribution in [0.3, 0.4) is 0 Å². The predicted molar refractivity (Wildman–Crippen MR) is 56.4 cm³/mol. The van der Waals surface area contributed by atoms with Crippen LogP contribution in [0.2, 0.25) is 0 Å². The van der Waals surface area contributed by atoms with Crippen LogP contribution in [-0.4, -0.2) is 49.8 Å². The third-order valence-electron chi connectivity index (χ3n) is 2.66. The van der Waals surface area contributed by atoms with Gasteiger partial charge in [-0.2, -0.15) is 0 Å². The van der Waals surface area contributed by atoms with Crippen LogP contribution in [0.1, 0.15) is 19.8 Å². The molecule has 0 aromatic heterocycles. The zero-order chi connectivity index (χ0) is 12.2.